The molecule has 6 nitrogen and oxygen atoms in total. The first-order chi connectivity index (χ1) is 15.1. The zero-order chi connectivity index (χ0) is 23.1. The number of alkyl halides is 3. The molecule has 0 aliphatic carbocycles. The number of furan rings is 1. The van der Waals surface area contributed by atoms with Crippen molar-refractivity contribution in [3.05, 3.63) is 83.1 Å². The van der Waals surface area contributed by atoms with E-state index < -0.39 is 35.7 Å². The van der Waals surface area contributed by atoms with E-state index in [1.54, 1.807) is 30.3 Å². The van der Waals surface area contributed by atoms with E-state index in [0.717, 1.165) is 0 Å². The van der Waals surface area contributed by atoms with E-state index >= 15 is 0 Å². The molecule has 1 saturated heterocycles. The molecule has 0 unspecified atom stereocenters. The SMILES string of the molecule is O=C1N[C@H](c2ccc(-c3ccc(Cl)cc3)o2)[C@@H](C(=O)c2ccccc2)[C@@](O)(C(F)(F)F)N1. The maximum absolute atomic E-state index is 13.9. The monoisotopic (exact) mass is 464 g/mol. The van der Waals surface area contributed by atoms with Crippen LogP contribution in [-0.4, -0.2) is 28.8 Å². The number of aliphatic hydroxyl groups is 1. The summed E-state index contributed by atoms with van der Waals surface area (Å²) in [4.78, 5) is 25.2. The van der Waals surface area contributed by atoms with Crippen molar-refractivity contribution in [2.75, 3.05) is 0 Å². The number of amides is 2. The van der Waals surface area contributed by atoms with Crippen molar-refractivity contribution in [3.8, 4) is 11.3 Å². The molecule has 0 spiro atoms. The van der Waals surface area contributed by atoms with Gasteiger partial charge >= 0.3 is 12.2 Å². The van der Waals surface area contributed by atoms with Gasteiger partial charge in [-0.05, 0) is 36.4 Å². The van der Waals surface area contributed by atoms with E-state index in [4.69, 9.17) is 16.0 Å². The van der Waals surface area contributed by atoms with E-state index in [0.29, 0.717) is 10.6 Å². The minimum atomic E-state index is -5.34. The van der Waals surface area contributed by atoms with E-state index in [1.165, 1.54) is 41.7 Å². The predicted molar refractivity (Wildman–Crippen MR) is 109 cm³/mol. The van der Waals surface area contributed by atoms with E-state index in [9.17, 15) is 27.9 Å². The summed E-state index contributed by atoms with van der Waals surface area (Å²) in [5.41, 5.74) is -3.30. The lowest BCUT2D eigenvalue weighted by Gasteiger charge is -2.44. The summed E-state index contributed by atoms with van der Waals surface area (Å²) in [5.74, 6) is -3.02. The van der Waals surface area contributed by atoms with Crippen molar-refractivity contribution in [1.82, 2.24) is 10.6 Å². The number of rotatable bonds is 4. The highest BCUT2D eigenvalue weighted by atomic mass is 35.5. The minimum absolute atomic E-state index is 0.0624. The van der Waals surface area contributed by atoms with Gasteiger partial charge in [0, 0.05) is 16.1 Å². The van der Waals surface area contributed by atoms with Crippen LogP contribution in [0.2, 0.25) is 5.02 Å². The Balaban J connectivity index is 1.80. The van der Waals surface area contributed by atoms with Crippen molar-refractivity contribution in [1.29, 1.82) is 0 Å². The normalized spacial score (nSPS) is 23.3. The van der Waals surface area contributed by atoms with E-state index in [2.05, 4.69) is 5.32 Å². The molecule has 2 aromatic carbocycles. The number of carbonyl (C=O) groups excluding carboxylic acids is 2. The highest BCUT2D eigenvalue weighted by Gasteiger charge is 2.66. The number of ketones is 1. The zero-order valence-electron chi connectivity index (χ0n) is 16.2. The minimum Gasteiger partial charge on any atom is -0.459 e. The maximum atomic E-state index is 13.9. The van der Waals surface area contributed by atoms with Crippen LogP contribution in [0.15, 0.2) is 71.1 Å². The van der Waals surface area contributed by atoms with Gasteiger partial charge in [0.15, 0.2) is 5.78 Å². The highest BCUT2D eigenvalue weighted by molar-refractivity contribution is 6.30. The first kappa shape index (κ1) is 21.9. The zero-order valence-corrected chi connectivity index (χ0v) is 16.9. The van der Waals surface area contributed by atoms with Crippen LogP contribution in [0.5, 0.6) is 0 Å². The molecule has 0 saturated carbocycles. The molecule has 4 rings (SSSR count). The van der Waals surface area contributed by atoms with Gasteiger partial charge in [-0.1, -0.05) is 41.9 Å². The summed E-state index contributed by atoms with van der Waals surface area (Å²) in [5, 5.41) is 14.8. The summed E-state index contributed by atoms with van der Waals surface area (Å²) >= 11 is 5.87. The van der Waals surface area contributed by atoms with Gasteiger partial charge in [-0.3, -0.25) is 4.79 Å². The summed E-state index contributed by atoms with van der Waals surface area (Å²) in [6.07, 6.45) is -5.34. The van der Waals surface area contributed by atoms with E-state index in [-0.39, 0.29) is 17.1 Å². The first-order valence-electron chi connectivity index (χ1n) is 9.43. The van der Waals surface area contributed by atoms with Gasteiger partial charge in [0.25, 0.3) is 0 Å². The van der Waals surface area contributed by atoms with Gasteiger partial charge in [-0.25, -0.2) is 4.79 Å². The molecule has 3 aromatic rings. The average Bonchev–Trinajstić information content (AvgIpc) is 3.23. The topological polar surface area (TPSA) is 91.6 Å². The smallest absolute Gasteiger partial charge is 0.437 e. The van der Waals surface area contributed by atoms with Crippen molar-refractivity contribution in [2.45, 2.75) is 17.9 Å². The third-order valence-corrected chi connectivity index (χ3v) is 5.46. The number of nitrogens with one attached hydrogen (secondary N) is 2. The second kappa shape index (κ2) is 7.99. The van der Waals surface area contributed by atoms with Crippen molar-refractivity contribution in [3.63, 3.8) is 0 Å². The molecule has 10 heteroatoms. The molecule has 1 fully saturated rings. The molecule has 32 heavy (non-hydrogen) atoms. The van der Waals surface area contributed by atoms with Crippen molar-refractivity contribution in [2.24, 2.45) is 5.92 Å². The number of hydrogen-bond donors (Lipinski definition) is 3. The third kappa shape index (κ3) is 3.85. The summed E-state index contributed by atoms with van der Waals surface area (Å²) < 4.78 is 47.5. The molecular weight excluding hydrogens is 449 g/mol. The Kier molecular flexibility index (Phi) is 5.47. The predicted octanol–water partition coefficient (Wildman–Crippen LogP) is 4.70. The lowest BCUT2D eigenvalue weighted by molar-refractivity contribution is -0.288. The number of hydrogen-bond acceptors (Lipinski definition) is 4. The number of carbonyl (C=O) groups is 2. The lowest BCUT2D eigenvalue weighted by Crippen LogP contribution is -2.72. The van der Waals surface area contributed by atoms with Gasteiger partial charge in [0.1, 0.15) is 23.5 Å². The molecule has 1 aromatic heterocycles. The molecule has 0 radical (unpaired) electrons. The Morgan fingerprint density at radius 3 is 2.31 bits per heavy atom. The van der Waals surface area contributed by atoms with Crippen LogP contribution < -0.4 is 10.6 Å². The summed E-state index contributed by atoms with van der Waals surface area (Å²) in [7, 11) is 0. The van der Waals surface area contributed by atoms with Crippen LogP contribution in [0.4, 0.5) is 18.0 Å². The van der Waals surface area contributed by atoms with Crippen LogP contribution >= 0.6 is 11.6 Å². The number of benzene rings is 2. The molecule has 2 heterocycles. The fourth-order valence-electron chi connectivity index (χ4n) is 3.65. The Bertz CT molecular complexity index is 1150. The summed E-state index contributed by atoms with van der Waals surface area (Å²) in [6.45, 7) is 0. The first-order valence-corrected chi connectivity index (χ1v) is 9.80. The van der Waals surface area contributed by atoms with Gasteiger partial charge in [-0.2, -0.15) is 13.2 Å². The Morgan fingerprint density at radius 1 is 1.03 bits per heavy atom. The lowest BCUT2D eigenvalue weighted by atomic mass is 9.79. The second-order valence-corrected chi connectivity index (χ2v) is 7.69. The highest BCUT2D eigenvalue weighted by Crippen LogP contribution is 2.44. The molecule has 166 valence electrons. The van der Waals surface area contributed by atoms with Gasteiger partial charge in [-0.15, -0.1) is 0 Å². The summed E-state index contributed by atoms with van der Waals surface area (Å²) in [6, 6.07) is 13.7. The number of Topliss-reactive ketones (excluding diaryl/α,β-unsaturated/α-hetero) is 1. The fraction of sp³-hybridized carbons (Fsp3) is 0.182. The Hall–Kier alpha value is -3.30. The maximum Gasteiger partial charge on any atom is 0.437 e. The van der Waals surface area contributed by atoms with Crippen LogP contribution in [-0.2, 0) is 0 Å². The number of halogens is 4. The molecule has 0 bridgehead atoms. The number of urea groups is 1. The third-order valence-electron chi connectivity index (χ3n) is 5.21. The van der Waals surface area contributed by atoms with Gasteiger partial charge in [0.2, 0.25) is 5.72 Å². The van der Waals surface area contributed by atoms with Crippen LogP contribution in [0, 0.1) is 5.92 Å². The van der Waals surface area contributed by atoms with Crippen molar-refractivity contribution >= 4 is 23.4 Å². The Labute approximate surface area is 185 Å². The molecule has 1 aliphatic heterocycles. The van der Waals surface area contributed by atoms with Gasteiger partial charge < -0.3 is 20.2 Å². The standard InChI is InChI=1S/C22H16ClF3N2O4/c23-14-8-6-12(7-9-14)15-10-11-16(32-15)18-17(19(29)13-4-2-1-3-5-13)21(31,22(24,25)26)28-20(30)27-18/h1-11,17-18,31H,(H2,27,28,30)/t17-,18+,21+/m0/s1. The molecule has 1 aliphatic rings. The largest absolute Gasteiger partial charge is 0.459 e. The van der Waals surface area contributed by atoms with Crippen LogP contribution in [0.1, 0.15) is 22.2 Å². The molecule has 3 atom stereocenters. The molecule has 3 N–H and O–H groups in total. The van der Waals surface area contributed by atoms with Gasteiger partial charge in [0.05, 0.1) is 0 Å². The quantitative estimate of drug-likeness (QED) is 0.488. The van der Waals surface area contributed by atoms with Crippen molar-refractivity contribution < 1.29 is 32.3 Å². The van der Waals surface area contributed by atoms with Crippen LogP contribution in [0.3, 0.4) is 0 Å². The van der Waals surface area contributed by atoms with E-state index in [1.807, 2.05) is 0 Å². The molecule has 2 amide bonds. The molecular formula is C22H16ClF3N2O4. The second-order valence-electron chi connectivity index (χ2n) is 7.26. The van der Waals surface area contributed by atoms with Crippen LogP contribution in [0.25, 0.3) is 11.3 Å². The Morgan fingerprint density at radius 2 is 1.69 bits per heavy atom. The fourth-order valence-corrected chi connectivity index (χ4v) is 3.77. The average molecular weight is 465 g/mol.